The first kappa shape index (κ1) is 28.6. The van der Waals surface area contributed by atoms with Crippen LogP contribution in [0.4, 0.5) is 5.69 Å². The van der Waals surface area contributed by atoms with Crippen LogP contribution in [0.1, 0.15) is 56.7 Å². The number of fused-ring (bicyclic) bond motifs is 2. The van der Waals surface area contributed by atoms with Gasteiger partial charge in [-0.15, -0.1) is 11.6 Å². The number of anilines is 1. The number of halogens is 1. The Labute approximate surface area is 250 Å². The number of nitrogens with one attached hydrogen (secondary N) is 1. The van der Waals surface area contributed by atoms with Gasteiger partial charge in [0.05, 0.1) is 23.0 Å². The van der Waals surface area contributed by atoms with E-state index in [-0.39, 0.29) is 36.4 Å². The molecule has 2 atom stereocenters. The number of aryl methyl sites for hydroxylation is 2. The zero-order valence-corrected chi connectivity index (χ0v) is 24.9. The van der Waals surface area contributed by atoms with Crippen LogP contribution < -0.4 is 10.1 Å². The molecule has 10 heteroatoms. The van der Waals surface area contributed by atoms with Gasteiger partial charge in [0.2, 0.25) is 0 Å². The molecule has 2 amide bonds. The first-order valence-corrected chi connectivity index (χ1v) is 15.0. The number of nitrogens with zero attached hydrogens (tertiary/aromatic N) is 4. The predicted octanol–water partition coefficient (Wildman–Crippen LogP) is 4.14. The second-order valence-electron chi connectivity index (χ2n) is 11.7. The van der Waals surface area contributed by atoms with E-state index in [4.69, 9.17) is 16.3 Å². The number of hydrogen-bond acceptors (Lipinski definition) is 7. The van der Waals surface area contributed by atoms with Gasteiger partial charge in [-0.25, -0.2) is 4.99 Å². The fourth-order valence-corrected chi connectivity index (χ4v) is 6.47. The number of hydrogen-bond donors (Lipinski definition) is 2. The number of aliphatic imine (C=N–C) groups is 2. The van der Waals surface area contributed by atoms with Crippen molar-refractivity contribution < 1.29 is 19.4 Å². The largest absolute Gasteiger partial charge is 0.491 e. The van der Waals surface area contributed by atoms with Crippen molar-refractivity contribution in [1.82, 2.24) is 9.80 Å². The fraction of sp³-hybridized carbons (Fsp3) is 0.438. The smallest absolute Gasteiger partial charge is 0.261 e. The molecule has 0 bridgehead atoms. The molecule has 2 aromatic rings. The molecule has 1 fully saturated rings. The Kier molecular flexibility index (Phi) is 7.91. The highest BCUT2D eigenvalue weighted by molar-refractivity contribution is 6.29. The number of rotatable bonds is 6. The van der Waals surface area contributed by atoms with E-state index < -0.39 is 6.10 Å². The molecule has 1 saturated heterocycles. The molecule has 0 aromatic heterocycles. The van der Waals surface area contributed by atoms with Crippen molar-refractivity contribution >= 4 is 41.2 Å². The van der Waals surface area contributed by atoms with Crippen molar-refractivity contribution in [2.45, 2.75) is 57.1 Å². The van der Waals surface area contributed by atoms with Crippen LogP contribution in [0.2, 0.25) is 0 Å². The third kappa shape index (κ3) is 5.48. The normalized spacial score (nSPS) is 24.3. The lowest BCUT2D eigenvalue weighted by Crippen LogP contribution is -2.46. The number of alkyl halides is 1. The van der Waals surface area contributed by atoms with E-state index >= 15 is 0 Å². The molecular weight excluding hydrogens is 554 g/mol. The standard InChI is InChI=1S/C32H36ClN5O4/c1-18-4-5-28(19(2)12-18)42-17-22(39)16-35-30-29(25(33)6-9-34-30)27-14-20-13-23-24(15-26(20)36-27)32(41)38(31(23)40)21-7-10-37(3)11-8-21/h4-5,9,12-13,15,21-22,25,36,39H,6-8,10-11,14,16-17H2,1-3H3/t22-,25?/m1/s1. The van der Waals surface area contributed by atoms with E-state index in [9.17, 15) is 14.7 Å². The number of amidine groups is 1. The van der Waals surface area contributed by atoms with Gasteiger partial charge in [0.25, 0.3) is 11.8 Å². The molecular formula is C32H36ClN5O4. The third-order valence-electron chi connectivity index (χ3n) is 8.47. The monoisotopic (exact) mass is 589 g/mol. The summed E-state index contributed by atoms with van der Waals surface area (Å²) in [6.45, 7) is 5.95. The maximum absolute atomic E-state index is 13.4. The van der Waals surface area contributed by atoms with Crippen LogP contribution in [0.15, 0.2) is 51.6 Å². The third-order valence-corrected chi connectivity index (χ3v) is 8.86. The minimum absolute atomic E-state index is 0.0633. The molecule has 1 unspecified atom stereocenters. The van der Waals surface area contributed by atoms with Gasteiger partial charge in [-0.2, -0.15) is 0 Å². The maximum Gasteiger partial charge on any atom is 0.261 e. The molecule has 2 N–H and O–H groups in total. The lowest BCUT2D eigenvalue weighted by atomic mass is 10.00. The highest BCUT2D eigenvalue weighted by atomic mass is 35.5. The van der Waals surface area contributed by atoms with Crippen LogP contribution in [0.5, 0.6) is 5.75 Å². The Bertz CT molecular complexity index is 1480. The summed E-state index contributed by atoms with van der Waals surface area (Å²) in [5, 5.41) is 13.7. The average Bonchev–Trinajstić information content (AvgIpc) is 3.48. The number of aliphatic hydroxyl groups excluding tert-OH is 1. The number of benzene rings is 2. The number of amides is 2. The van der Waals surface area contributed by atoms with Gasteiger partial charge in [0, 0.05) is 42.1 Å². The Morgan fingerprint density at radius 1 is 1.14 bits per heavy atom. The Morgan fingerprint density at radius 2 is 1.88 bits per heavy atom. The summed E-state index contributed by atoms with van der Waals surface area (Å²) in [6.07, 6.45) is 3.57. The molecule has 4 aliphatic rings. The average molecular weight is 590 g/mol. The molecule has 0 radical (unpaired) electrons. The van der Waals surface area contributed by atoms with E-state index in [2.05, 4.69) is 27.2 Å². The van der Waals surface area contributed by atoms with E-state index in [0.717, 1.165) is 65.3 Å². The first-order valence-electron chi connectivity index (χ1n) is 14.5. The Hall–Kier alpha value is -3.53. The molecule has 0 saturated carbocycles. The topological polar surface area (TPSA) is 107 Å². The fourth-order valence-electron chi connectivity index (χ4n) is 6.16. The van der Waals surface area contributed by atoms with Crippen molar-refractivity contribution in [3.05, 3.63) is 69.4 Å². The summed E-state index contributed by atoms with van der Waals surface area (Å²) >= 11 is 6.77. The van der Waals surface area contributed by atoms with Crippen molar-refractivity contribution in [3.63, 3.8) is 0 Å². The Morgan fingerprint density at radius 3 is 2.62 bits per heavy atom. The minimum atomic E-state index is -0.823. The minimum Gasteiger partial charge on any atom is -0.491 e. The van der Waals surface area contributed by atoms with Crippen molar-refractivity contribution in [3.8, 4) is 5.75 Å². The number of likely N-dealkylation sites (tertiary alicyclic amines) is 1. The van der Waals surface area contributed by atoms with Crippen molar-refractivity contribution in [2.75, 3.05) is 38.6 Å². The predicted molar refractivity (Wildman–Crippen MR) is 164 cm³/mol. The number of allylic oxidation sites excluding steroid dienone is 1. The summed E-state index contributed by atoms with van der Waals surface area (Å²) in [5.74, 6) is 0.783. The molecule has 0 aliphatic carbocycles. The van der Waals surface area contributed by atoms with Gasteiger partial charge in [0.1, 0.15) is 18.5 Å². The lowest BCUT2D eigenvalue weighted by Gasteiger charge is -2.33. The van der Waals surface area contributed by atoms with Crippen LogP contribution in [-0.4, -0.2) is 89.6 Å². The number of ether oxygens (including phenoxy) is 1. The van der Waals surface area contributed by atoms with E-state index in [1.807, 2.05) is 38.1 Å². The number of carbonyl (C=O) groups excluding carboxylic acids is 2. The lowest BCUT2D eigenvalue weighted by molar-refractivity contribution is 0.0516. The highest BCUT2D eigenvalue weighted by Gasteiger charge is 2.42. The van der Waals surface area contributed by atoms with E-state index in [1.54, 1.807) is 12.3 Å². The molecule has 9 nitrogen and oxygen atoms in total. The van der Waals surface area contributed by atoms with Gasteiger partial charge in [-0.05, 0) is 76.2 Å². The Balaban J connectivity index is 1.18. The van der Waals surface area contributed by atoms with E-state index in [0.29, 0.717) is 29.8 Å². The summed E-state index contributed by atoms with van der Waals surface area (Å²) in [7, 11) is 2.06. The number of carbonyl (C=O) groups is 2. The van der Waals surface area contributed by atoms with Crippen LogP contribution in [0, 0.1) is 13.8 Å². The van der Waals surface area contributed by atoms with Crippen LogP contribution in [0.25, 0.3) is 0 Å². The van der Waals surface area contributed by atoms with Gasteiger partial charge in [-0.1, -0.05) is 17.7 Å². The number of aliphatic hydroxyl groups is 1. The van der Waals surface area contributed by atoms with Gasteiger partial charge < -0.3 is 20.1 Å². The molecule has 4 aliphatic heterocycles. The number of piperidine rings is 1. The van der Waals surface area contributed by atoms with Crippen LogP contribution in [-0.2, 0) is 6.42 Å². The summed E-state index contributed by atoms with van der Waals surface area (Å²) in [5.41, 5.74) is 6.42. The quantitative estimate of drug-likeness (QED) is 0.388. The van der Waals surface area contributed by atoms with Crippen molar-refractivity contribution in [1.29, 1.82) is 0 Å². The molecule has 6 rings (SSSR count). The van der Waals surface area contributed by atoms with Gasteiger partial charge >= 0.3 is 0 Å². The molecule has 42 heavy (non-hydrogen) atoms. The number of imide groups is 1. The summed E-state index contributed by atoms with van der Waals surface area (Å²) in [6, 6.07) is 9.50. The van der Waals surface area contributed by atoms with E-state index in [1.165, 1.54) is 4.90 Å². The zero-order chi connectivity index (χ0) is 29.5. The zero-order valence-electron chi connectivity index (χ0n) is 24.2. The summed E-state index contributed by atoms with van der Waals surface area (Å²) < 4.78 is 5.82. The van der Waals surface area contributed by atoms with Gasteiger partial charge in [-0.3, -0.25) is 19.5 Å². The first-order chi connectivity index (χ1) is 20.2. The second kappa shape index (κ2) is 11.6. The molecule has 2 aromatic carbocycles. The second-order valence-corrected chi connectivity index (χ2v) is 12.2. The SMILES string of the molecule is Cc1ccc(OC[C@H](O)CN=C2N=CCC(Cl)C2=C2Cc3cc4c(cc3N2)C(=O)N(C2CCN(C)CC2)C4=O)c(C)c1. The van der Waals surface area contributed by atoms with Crippen LogP contribution >= 0.6 is 11.6 Å². The maximum atomic E-state index is 13.4. The highest BCUT2D eigenvalue weighted by Crippen LogP contribution is 2.38. The van der Waals surface area contributed by atoms with Gasteiger partial charge in [0.15, 0.2) is 5.84 Å². The molecule has 4 heterocycles. The molecule has 220 valence electrons. The molecule has 0 spiro atoms. The summed E-state index contributed by atoms with van der Waals surface area (Å²) in [4.78, 5) is 39.5. The van der Waals surface area contributed by atoms with Crippen LogP contribution in [0.3, 0.4) is 0 Å². The van der Waals surface area contributed by atoms with Crippen molar-refractivity contribution in [2.24, 2.45) is 9.98 Å².